The van der Waals surface area contributed by atoms with Crippen LogP contribution in [0, 0.1) is 0 Å². The van der Waals surface area contributed by atoms with Gasteiger partial charge in [0.2, 0.25) is 0 Å². The molecule has 0 radical (unpaired) electrons. The molecule has 17 heteroatoms. The summed E-state index contributed by atoms with van der Waals surface area (Å²) in [5.41, 5.74) is 1.19. The molecule has 1 aliphatic heterocycles. The van der Waals surface area contributed by atoms with Gasteiger partial charge >= 0.3 is 24.3 Å². The van der Waals surface area contributed by atoms with Gasteiger partial charge in [-0.1, -0.05) is 0 Å². The molecule has 3 rings (SSSR count). The van der Waals surface area contributed by atoms with E-state index >= 15 is 0 Å². The summed E-state index contributed by atoms with van der Waals surface area (Å²) in [7, 11) is 4.08. The Bertz CT molecular complexity index is 922. The number of likely N-dealkylation sites (N-methyl/N-ethyl adjacent to an activating group) is 1. The molecule has 1 aliphatic rings. The van der Waals surface area contributed by atoms with Gasteiger partial charge < -0.3 is 28.8 Å². The second-order valence-electron chi connectivity index (χ2n) is 7.49. The standard InChI is InChI=1S/C15H23N5O2.2C2HF3O2/c1-18(2)6-8-22-12-15-17-16-14-10-19(4-5-20(14)15)9-13-3-7-21-11-13;2*3-2(4,5)1(6)7/h3,7,11H,4-6,8-10,12H2,1-2H3;2*(H,6,7). The van der Waals surface area contributed by atoms with Crippen molar-refractivity contribution in [1.82, 2.24) is 24.6 Å². The Labute approximate surface area is 200 Å². The van der Waals surface area contributed by atoms with Crippen LogP contribution in [0.25, 0.3) is 0 Å². The van der Waals surface area contributed by atoms with Crippen LogP contribution >= 0.6 is 0 Å². The van der Waals surface area contributed by atoms with E-state index in [9.17, 15) is 26.3 Å². The highest BCUT2D eigenvalue weighted by atomic mass is 19.4. The number of fused-ring (bicyclic) bond motifs is 1. The van der Waals surface area contributed by atoms with Crippen molar-refractivity contribution in [2.24, 2.45) is 0 Å². The summed E-state index contributed by atoms with van der Waals surface area (Å²) in [6, 6.07) is 2.00. The molecule has 0 spiro atoms. The molecule has 0 aromatic carbocycles. The lowest BCUT2D eigenvalue weighted by Crippen LogP contribution is -2.34. The second kappa shape index (κ2) is 13.8. The van der Waals surface area contributed by atoms with Crippen LogP contribution in [0.3, 0.4) is 0 Å². The predicted molar refractivity (Wildman–Crippen MR) is 108 cm³/mol. The molecule has 0 aliphatic carbocycles. The first-order valence-electron chi connectivity index (χ1n) is 10.1. The fraction of sp³-hybridized carbons (Fsp3) is 0.579. The molecule has 0 saturated heterocycles. The molecule has 2 N–H and O–H groups in total. The Balaban J connectivity index is 0.000000383. The molecule has 11 nitrogen and oxygen atoms in total. The Morgan fingerprint density at radius 3 is 2.14 bits per heavy atom. The number of carboxylic acid groups (broad SMARTS) is 2. The monoisotopic (exact) mass is 533 g/mol. The van der Waals surface area contributed by atoms with E-state index in [1.165, 1.54) is 5.56 Å². The summed E-state index contributed by atoms with van der Waals surface area (Å²) < 4.78 is 76.5. The molecule has 2 aromatic heterocycles. The molecule has 3 heterocycles. The van der Waals surface area contributed by atoms with E-state index in [1.807, 2.05) is 20.2 Å². The van der Waals surface area contributed by atoms with Gasteiger partial charge in [-0.15, -0.1) is 10.2 Å². The van der Waals surface area contributed by atoms with Gasteiger partial charge in [-0.2, -0.15) is 26.3 Å². The summed E-state index contributed by atoms with van der Waals surface area (Å²) in [6.07, 6.45) is -6.66. The normalized spacial score (nSPS) is 13.8. The highest BCUT2D eigenvalue weighted by molar-refractivity contribution is 5.73. The van der Waals surface area contributed by atoms with Gasteiger partial charge in [0.15, 0.2) is 5.82 Å². The van der Waals surface area contributed by atoms with Crippen LogP contribution < -0.4 is 0 Å². The smallest absolute Gasteiger partial charge is 0.475 e. The molecule has 2 aromatic rings. The minimum atomic E-state index is -5.08. The molecular formula is C19H25F6N5O6. The average molecular weight is 533 g/mol. The first-order chi connectivity index (χ1) is 16.6. The largest absolute Gasteiger partial charge is 0.490 e. The lowest BCUT2D eigenvalue weighted by molar-refractivity contribution is -0.193. The van der Waals surface area contributed by atoms with Crippen LogP contribution in [0.5, 0.6) is 0 Å². The maximum atomic E-state index is 10.6. The fourth-order valence-corrected chi connectivity index (χ4v) is 2.56. The van der Waals surface area contributed by atoms with Gasteiger partial charge in [0, 0.05) is 31.7 Å². The van der Waals surface area contributed by atoms with Crippen molar-refractivity contribution in [2.75, 3.05) is 33.8 Å². The zero-order valence-electron chi connectivity index (χ0n) is 19.2. The summed E-state index contributed by atoms with van der Waals surface area (Å²) in [4.78, 5) is 22.2. The summed E-state index contributed by atoms with van der Waals surface area (Å²) in [6.45, 7) is 5.76. The molecule has 36 heavy (non-hydrogen) atoms. The van der Waals surface area contributed by atoms with E-state index in [1.54, 1.807) is 12.5 Å². The molecule has 0 saturated carbocycles. The third kappa shape index (κ3) is 11.5. The van der Waals surface area contributed by atoms with Crippen molar-refractivity contribution in [1.29, 1.82) is 0 Å². The van der Waals surface area contributed by atoms with E-state index in [2.05, 4.69) is 24.6 Å². The highest BCUT2D eigenvalue weighted by Crippen LogP contribution is 2.16. The number of hydrogen-bond donors (Lipinski definition) is 2. The number of aliphatic carboxylic acids is 2. The number of ether oxygens (including phenoxy) is 1. The number of furan rings is 1. The lowest BCUT2D eigenvalue weighted by Gasteiger charge is -2.27. The van der Waals surface area contributed by atoms with Crippen molar-refractivity contribution in [2.45, 2.75) is 38.6 Å². The van der Waals surface area contributed by atoms with Crippen molar-refractivity contribution in [3.8, 4) is 0 Å². The Kier molecular flexibility index (Phi) is 11.8. The summed E-state index contributed by atoms with van der Waals surface area (Å²) >= 11 is 0. The van der Waals surface area contributed by atoms with Crippen LogP contribution in [-0.4, -0.2) is 92.9 Å². The quantitative estimate of drug-likeness (QED) is 0.403. The van der Waals surface area contributed by atoms with Gasteiger partial charge in [0.1, 0.15) is 12.4 Å². The van der Waals surface area contributed by atoms with Crippen LogP contribution in [0.4, 0.5) is 26.3 Å². The number of nitrogens with zero attached hydrogens (tertiary/aromatic N) is 5. The van der Waals surface area contributed by atoms with Gasteiger partial charge in [-0.25, -0.2) is 9.59 Å². The zero-order chi connectivity index (χ0) is 27.5. The minimum Gasteiger partial charge on any atom is -0.475 e. The van der Waals surface area contributed by atoms with E-state index in [-0.39, 0.29) is 0 Å². The van der Waals surface area contributed by atoms with E-state index in [0.717, 1.165) is 44.4 Å². The van der Waals surface area contributed by atoms with Crippen LogP contribution in [-0.2, 0) is 40.6 Å². The predicted octanol–water partition coefficient (Wildman–Crippen LogP) is 2.23. The number of aromatic nitrogens is 3. The lowest BCUT2D eigenvalue weighted by atomic mass is 10.2. The van der Waals surface area contributed by atoms with Gasteiger partial charge in [-0.3, -0.25) is 4.90 Å². The van der Waals surface area contributed by atoms with Crippen LogP contribution in [0.2, 0.25) is 0 Å². The molecule has 0 fully saturated rings. The number of rotatable bonds is 7. The third-order valence-corrected chi connectivity index (χ3v) is 4.29. The molecule has 0 unspecified atom stereocenters. The fourth-order valence-electron chi connectivity index (χ4n) is 2.56. The first kappa shape index (κ1) is 30.9. The zero-order valence-corrected chi connectivity index (χ0v) is 19.2. The van der Waals surface area contributed by atoms with Gasteiger partial charge in [0.25, 0.3) is 0 Å². The number of carbonyl (C=O) groups is 2. The molecule has 0 atom stereocenters. The number of alkyl halides is 6. The average Bonchev–Trinajstić information content (AvgIpc) is 3.40. The summed E-state index contributed by atoms with van der Waals surface area (Å²) in [5, 5.41) is 22.8. The maximum Gasteiger partial charge on any atom is 0.490 e. The summed E-state index contributed by atoms with van der Waals surface area (Å²) in [5.74, 6) is -3.57. The molecule has 0 amide bonds. The SMILES string of the molecule is CN(C)CCOCc1nnc2n1CCN(Cc1ccoc1)C2.O=C(O)C(F)(F)F.O=C(O)C(F)(F)F. The molecule has 204 valence electrons. The van der Waals surface area contributed by atoms with Gasteiger partial charge in [0.05, 0.1) is 25.7 Å². The number of halogens is 6. The number of carboxylic acids is 2. The molecule has 0 bridgehead atoms. The van der Waals surface area contributed by atoms with E-state index in [0.29, 0.717) is 13.2 Å². The first-order valence-corrected chi connectivity index (χ1v) is 10.1. The van der Waals surface area contributed by atoms with Crippen LogP contribution in [0.15, 0.2) is 23.0 Å². The van der Waals surface area contributed by atoms with Gasteiger partial charge in [-0.05, 0) is 20.2 Å². The topological polar surface area (TPSA) is 134 Å². The Hall–Kier alpha value is -3.18. The molecular weight excluding hydrogens is 508 g/mol. The van der Waals surface area contributed by atoms with E-state index < -0.39 is 24.3 Å². The Morgan fingerprint density at radius 2 is 1.67 bits per heavy atom. The van der Waals surface area contributed by atoms with Crippen molar-refractivity contribution >= 4 is 11.9 Å². The number of hydrogen-bond acceptors (Lipinski definition) is 8. The van der Waals surface area contributed by atoms with Crippen molar-refractivity contribution in [3.63, 3.8) is 0 Å². The second-order valence-corrected chi connectivity index (χ2v) is 7.49. The highest BCUT2D eigenvalue weighted by Gasteiger charge is 2.38. The maximum absolute atomic E-state index is 10.6. The van der Waals surface area contributed by atoms with Crippen LogP contribution in [0.1, 0.15) is 17.2 Å². The minimum absolute atomic E-state index is 0.530. The van der Waals surface area contributed by atoms with E-state index in [4.69, 9.17) is 29.0 Å². The third-order valence-electron chi connectivity index (χ3n) is 4.29. The van der Waals surface area contributed by atoms with Crippen molar-refractivity contribution < 1.29 is 55.3 Å². The Morgan fingerprint density at radius 1 is 1.08 bits per heavy atom. The van der Waals surface area contributed by atoms with Crippen molar-refractivity contribution in [3.05, 3.63) is 35.8 Å².